The molecule has 1 aromatic rings. The van der Waals surface area contributed by atoms with Crippen LogP contribution in [0.15, 0.2) is 30.3 Å². The molecule has 0 aliphatic rings. The van der Waals surface area contributed by atoms with Crippen molar-refractivity contribution in [3.63, 3.8) is 0 Å². The van der Waals surface area contributed by atoms with Crippen molar-refractivity contribution >= 4 is 11.8 Å². The highest BCUT2D eigenvalue weighted by Crippen LogP contribution is 2.36. The first-order valence-electron chi connectivity index (χ1n) is 5.91. The van der Waals surface area contributed by atoms with Gasteiger partial charge in [-0.2, -0.15) is 13.2 Å². The molecule has 0 aliphatic heterocycles. The monoisotopic (exact) mass is 278 g/mol. The van der Waals surface area contributed by atoms with Gasteiger partial charge in [0.2, 0.25) is 0 Å². The lowest BCUT2D eigenvalue weighted by molar-refractivity contribution is -0.0381. The molecule has 0 radical (unpaired) electrons. The molecule has 0 aliphatic carbocycles. The van der Waals surface area contributed by atoms with Crippen molar-refractivity contribution in [1.82, 2.24) is 0 Å². The average Bonchev–Trinajstić information content (AvgIpc) is 2.32. The standard InChI is InChI=1S/C13H17F3OS/c1-2-3-9-12(18-13(14,15)16)17-10-11-7-5-4-6-8-11/h4-8,12H,2-3,9-10H2,1H3. The van der Waals surface area contributed by atoms with Crippen molar-refractivity contribution in [2.75, 3.05) is 0 Å². The van der Waals surface area contributed by atoms with E-state index < -0.39 is 10.9 Å². The quantitative estimate of drug-likeness (QED) is 0.651. The second-order valence-electron chi connectivity index (χ2n) is 3.93. The smallest absolute Gasteiger partial charge is 0.363 e. The molecular formula is C13H17F3OS. The Morgan fingerprint density at radius 1 is 1.22 bits per heavy atom. The summed E-state index contributed by atoms with van der Waals surface area (Å²) in [6.45, 7) is 2.17. The van der Waals surface area contributed by atoms with Gasteiger partial charge in [0, 0.05) is 0 Å². The molecular weight excluding hydrogens is 261 g/mol. The molecule has 1 atom stereocenters. The van der Waals surface area contributed by atoms with E-state index in [1.54, 1.807) is 0 Å². The van der Waals surface area contributed by atoms with Gasteiger partial charge in [-0.1, -0.05) is 50.1 Å². The van der Waals surface area contributed by atoms with Gasteiger partial charge in [-0.05, 0) is 23.7 Å². The van der Waals surface area contributed by atoms with Crippen LogP contribution in [0, 0.1) is 0 Å². The van der Waals surface area contributed by atoms with E-state index in [0.717, 1.165) is 18.4 Å². The van der Waals surface area contributed by atoms with Crippen LogP contribution in [0.2, 0.25) is 0 Å². The van der Waals surface area contributed by atoms with Gasteiger partial charge in [0.15, 0.2) is 0 Å². The second-order valence-corrected chi connectivity index (χ2v) is 5.16. The normalized spacial score (nSPS) is 13.6. The summed E-state index contributed by atoms with van der Waals surface area (Å²) in [5.41, 5.74) is -4.17. The Morgan fingerprint density at radius 2 is 1.89 bits per heavy atom. The topological polar surface area (TPSA) is 9.23 Å². The fourth-order valence-electron chi connectivity index (χ4n) is 1.46. The van der Waals surface area contributed by atoms with E-state index in [1.165, 1.54) is 0 Å². The third-order valence-electron chi connectivity index (χ3n) is 2.34. The molecule has 0 fully saturated rings. The van der Waals surface area contributed by atoms with Crippen LogP contribution in [0.4, 0.5) is 13.2 Å². The minimum atomic E-state index is -4.24. The van der Waals surface area contributed by atoms with Crippen molar-refractivity contribution in [1.29, 1.82) is 0 Å². The van der Waals surface area contributed by atoms with Crippen molar-refractivity contribution in [3.05, 3.63) is 35.9 Å². The average molecular weight is 278 g/mol. The summed E-state index contributed by atoms with van der Waals surface area (Å²) in [7, 11) is 0. The molecule has 1 aromatic carbocycles. The number of ether oxygens (including phenoxy) is 1. The fourth-order valence-corrected chi connectivity index (χ4v) is 2.18. The minimum Gasteiger partial charge on any atom is -0.363 e. The lowest BCUT2D eigenvalue weighted by Crippen LogP contribution is -2.15. The van der Waals surface area contributed by atoms with Gasteiger partial charge >= 0.3 is 5.51 Å². The van der Waals surface area contributed by atoms with E-state index in [0.29, 0.717) is 6.42 Å². The number of hydrogen-bond donors (Lipinski definition) is 0. The Bertz CT molecular complexity index is 327. The summed E-state index contributed by atoms with van der Waals surface area (Å²) in [6, 6.07) is 9.24. The molecule has 1 nitrogen and oxygen atoms in total. The predicted octanol–water partition coefficient (Wildman–Crippen LogP) is 4.97. The minimum absolute atomic E-state index is 0.0612. The zero-order chi connectivity index (χ0) is 13.4. The Morgan fingerprint density at radius 3 is 2.44 bits per heavy atom. The van der Waals surface area contributed by atoms with Crippen LogP contribution in [-0.4, -0.2) is 10.9 Å². The molecule has 5 heteroatoms. The Hall–Kier alpha value is -0.680. The lowest BCUT2D eigenvalue weighted by Gasteiger charge is -2.18. The van der Waals surface area contributed by atoms with Crippen LogP contribution in [0.25, 0.3) is 0 Å². The van der Waals surface area contributed by atoms with Crippen LogP contribution in [0.3, 0.4) is 0 Å². The number of thioether (sulfide) groups is 1. The summed E-state index contributed by atoms with van der Waals surface area (Å²) >= 11 is -0.0612. The third-order valence-corrected chi connectivity index (χ3v) is 3.24. The first kappa shape index (κ1) is 15.4. The summed E-state index contributed by atoms with van der Waals surface area (Å²) in [5, 5.41) is 0. The van der Waals surface area contributed by atoms with Gasteiger partial charge in [0.25, 0.3) is 0 Å². The Kier molecular flexibility index (Phi) is 6.57. The van der Waals surface area contributed by atoms with E-state index in [4.69, 9.17) is 4.74 Å². The molecule has 0 amide bonds. The highest BCUT2D eigenvalue weighted by atomic mass is 32.2. The summed E-state index contributed by atoms with van der Waals surface area (Å²) in [6.07, 6.45) is 2.03. The molecule has 0 heterocycles. The zero-order valence-corrected chi connectivity index (χ0v) is 11.1. The van der Waals surface area contributed by atoms with Gasteiger partial charge in [-0.25, -0.2) is 0 Å². The Labute approximate surface area is 110 Å². The van der Waals surface area contributed by atoms with Crippen LogP contribution in [-0.2, 0) is 11.3 Å². The maximum absolute atomic E-state index is 12.3. The molecule has 1 rings (SSSR count). The molecule has 18 heavy (non-hydrogen) atoms. The molecule has 0 saturated carbocycles. The van der Waals surface area contributed by atoms with Gasteiger partial charge in [-0.3, -0.25) is 0 Å². The van der Waals surface area contributed by atoms with Crippen LogP contribution in [0.1, 0.15) is 31.7 Å². The molecule has 0 spiro atoms. The van der Waals surface area contributed by atoms with Crippen molar-refractivity contribution < 1.29 is 17.9 Å². The van der Waals surface area contributed by atoms with Gasteiger partial charge < -0.3 is 4.74 Å². The fraction of sp³-hybridized carbons (Fsp3) is 0.538. The van der Waals surface area contributed by atoms with E-state index >= 15 is 0 Å². The maximum Gasteiger partial charge on any atom is 0.444 e. The number of benzene rings is 1. The highest BCUT2D eigenvalue weighted by molar-refractivity contribution is 8.00. The highest BCUT2D eigenvalue weighted by Gasteiger charge is 2.33. The van der Waals surface area contributed by atoms with Gasteiger partial charge in [-0.15, -0.1) is 0 Å². The molecule has 0 aromatic heterocycles. The van der Waals surface area contributed by atoms with Crippen LogP contribution in [0.5, 0.6) is 0 Å². The lowest BCUT2D eigenvalue weighted by atomic mass is 10.2. The predicted molar refractivity (Wildman–Crippen MR) is 68.2 cm³/mol. The molecule has 102 valence electrons. The largest absolute Gasteiger partial charge is 0.444 e. The second kappa shape index (κ2) is 7.69. The van der Waals surface area contributed by atoms with Gasteiger partial charge in [0.05, 0.1) is 6.61 Å². The maximum atomic E-state index is 12.3. The van der Waals surface area contributed by atoms with E-state index in [9.17, 15) is 13.2 Å². The number of hydrogen-bond acceptors (Lipinski definition) is 2. The first-order chi connectivity index (χ1) is 8.51. The van der Waals surface area contributed by atoms with Gasteiger partial charge in [0.1, 0.15) is 5.44 Å². The van der Waals surface area contributed by atoms with E-state index in [2.05, 4.69) is 0 Å². The third kappa shape index (κ3) is 6.91. The van der Waals surface area contributed by atoms with E-state index in [-0.39, 0.29) is 18.4 Å². The van der Waals surface area contributed by atoms with Crippen LogP contribution >= 0.6 is 11.8 Å². The molecule has 0 bridgehead atoms. The van der Waals surface area contributed by atoms with E-state index in [1.807, 2.05) is 37.3 Å². The van der Waals surface area contributed by atoms with Crippen molar-refractivity contribution in [2.24, 2.45) is 0 Å². The summed E-state index contributed by atoms with van der Waals surface area (Å²) < 4.78 is 42.4. The van der Waals surface area contributed by atoms with Crippen LogP contribution < -0.4 is 0 Å². The summed E-state index contributed by atoms with van der Waals surface area (Å²) in [4.78, 5) is 0. The first-order valence-corrected chi connectivity index (χ1v) is 6.79. The number of unbranched alkanes of at least 4 members (excludes halogenated alkanes) is 1. The van der Waals surface area contributed by atoms with Crippen molar-refractivity contribution in [3.8, 4) is 0 Å². The zero-order valence-electron chi connectivity index (χ0n) is 10.2. The number of alkyl halides is 3. The summed E-state index contributed by atoms with van der Waals surface area (Å²) in [5.74, 6) is 0. The van der Waals surface area contributed by atoms with Crippen molar-refractivity contribution in [2.45, 2.75) is 43.7 Å². The number of halogens is 3. The molecule has 1 unspecified atom stereocenters. The molecule has 0 saturated heterocycles. The number of rotatable bonds is 7. The Balaban J connectivity index is 2.45. The molecule has 0 N–H and O–H groups in total. The SMILES string of the molecule is CCCCC(OCc1ccccc1)SC(F)(F)F.